The van der Waals surface area contributed by atoms with Gasteiger partial charge in [0.25, 0.3) is 5.91 Å². The monoisotopic (exact) mass is 377 g/mol. The molecular weight excluding hydrogens is 357 g/mol. The Hall–Kier alpha value is -1.70. The second-order valence-electron chi connectivity index (χ2n) is 5.18. The van der Waals surface area contributed by atoms with Gasteiger partial charge in [-0.15, -0.1) is 12.4 Å². The lowest BCUT2D eigenvalue weighted by molar-refractivity contribution is -0.136. The van der Waals surface area contributed by atoms with Gasteiger partial charge in [-0.1, -0.05) is 11.6 Å². The van der Waals surface area contributed by atoms with Crippen molar-refractivity contribution in [3.05, 3.63) is 22.7 Å². The maximum Gasteiger partial charge on any atom is 0.257 e. The van der Waals surface area contributed by atoms with Gasteiger partial charge in [0.15, 0.2) is 0 Å². The number of nitrogens with two attached hydrogens (primary N) is 1. The van der Waals surface area contributed by atoms with E-state index in [-0.39, 0.29) is 30.8 Å². The molecule has 0 unspecified atom stereocenters. The fraction of sp³-hybridized carbons (Fsp3) is 0.467. The third-order valence-electron chi connectivity index (χ3n) is 3.74. The highest BCUT2D eigenvalue weighted by Gasteiger charge is 2.26. The van der Waals surface area contributed by atoms with E-state index in [1.54, 1.807) is 9.80 Å². The Labute approximate surface area is 152 Å². The molecule has 0 saturated carbocycles. The van der Waals surface area contributed by atoms with Crippen LogP contribution in [0.5, 0.6) is 5.75 Å². The Morgan fingerprint density at radius 3 is 2.29 bits per heavy atom. The summed E-state index contributed by atoms with van der Waals surface area (Å²) in [7, 11) is 2.95. The van der Waals surface area contributed by atoms with Gasteiger partial charge in [0.1, 0.15) is 12.4 Å². The van der Waals surface area contributed by atoms with Crippen LogP contribution >= 0.6 is 24.0 Å². The van der Waals surface area contributed by atoms with Crippen molar-refractivity contribution in [2.45, 2.75) is 0 Å². The molecule has 0 radical (unpaired) electrons. The summed E-state index contributed by atoms with van der Waals surface area (Å²) < 4.78 is 10.1. The molecule has 0 spiro atoms. The van der Waals surface area contributed by atoms with E-state index < -0.39 is 0 Å². The molecule has 1 aromatic rings. The Kier molecular flexibility index (Phi) is 7.59. The number of halogens is 2. The summed E-state index contributed by atoms with van der Waals surface area (Å²) in [6.45, 7) is 1.88. The average molecular weight is 378 g/mol. The van der Waals surface area contributed by atoms with E-state index in [0.717, 1.165) is 0 Å². The molecule has 0 atom stereocenters. The van der Waals surface area contributed by atoms with Crippen molar-refractivity contribution in [1.29, 1.82) is 0 Å². The Morgan fingerprint density at radius 1 is 1.17 bits per heavy atom. The van der Waals surface area contributed by atoms with Crippen LogP contribution in [0.1, 0.15) is 10.4 Å². The molecule has 0 aliphatic carbocycles. The minimum absolute atomic E-state index is 0. The van der Waals surface area contributed by atoms with Crippen molar-refractivity contribution in [2.75, 3.05) is 52.7 Å². The minimum atomic E-state index is -0.192. The van der Waals surface area contributed by atoms with Crippen LogP contribution in [0.4, 0.5) is 5.69 Å². The number of amides is 2. The molecule has 2 amide bonds. The quantitative estimate of drug-likeness (QED) is 0.798. The van der Waals surface area contributed by atoms with Crippen LogP contribution in [0.15, 0.2) is 12.1 Å². The standard InChI is InChI=1S/C15H20ClN3O4.ClH/c1-22-9-14(20)18-3-5-19(6-4-18)15(21)10-7-11(16)12(17)8-13(10)23-2;/h7-8H,3-6,9,17H2,1-2H3;1H. The van der Waals surface area contributed by atoms with Gasteiger partial charge in [0, 0.05) is 39.4 Å². The van der Waals surface area contributed by atoms with E-state index in [0.29, 0.717) is 48.2 Å². The average Bonchev–Trinajstić information content (AvgIpc) is 2.56. The number of nitrogen functional groups attached to an aromatic ring is 1. The summed E-state index contributed by atoms with van der Waals surface area (Å²) in [4.78, 5) is 27.8. The summed E-state index contributed by atoms with van der Waals surface area (Å²) in [5.74, 6) is 0.116. The Bertz CT molecular complexity index is 605. The van der Waals surface area contributed by atoms with E-state index >= 15 is 0 Å². The van der Waals surface area contributed by atoms with Crippen LogP contribution in [0.25, 0.3) is 0 Å². The third-order valence-corrected chi connectivity index (χ3v) is 4.06. The van der Waals surface area contributed by atoms with Gasteiger partial charge in [-0.25, -0.2) is 0 Å². The van der Waals surface area contributed by atoms with Crippen LogP contribution in [0.3, 0.4) is 0 Å². The van der Waals surface area contributed by atoms with Crippen molar-refractivity contribution in [3.8, 4) is 5.75 Å². The predicted molar refractivity (Wildman–Crippen MR) is 94.0 cm³/mol. The zero-order chi connectivity index (χ0) is 17.0. The third kappa shape index (κ3) is 4.43. The van der Waals surface area contributed by atoms with Crippen LogP contribution < -0.4 is 10.5 Å². The second kappa shape index (κ2) is 8.96. The van der Waals surface area contributed by atoms with Crippen LogP contribution in [0.2, 0.25) is 5.02 Å². The van der Waals surface area contributed by atoms with Crippen molar-refractivity contribution in [2.24, 2.45) is 0 Å². The number of carbonyl (C=O) groups excluding carboxylic acids is 2. The smallest absolute Gasteiger partial charge is 0.257 e. The van der Waals surface area contributed by atoms with Gasteiger partial charge in [-0.2, -0.15) is 0 Å². The first-order valence-corrected chi connectivity index (χ1v) is 7.54. The number of nitrogens with zero attached hydrogens (tertiary/aromatic N) is 2. The summed E-state index contributed by atoms with van der Waals surface area (Å²) >= 11 is 6.01. The molecule has 7 nitrogen and oxygen atoms in total. The summed E-state index contributed by atoms with van der Waals surface area (Å²) in [5, 5.41) is 0.308. The van der Waals surface area contributed by atoms with Gasteiger partial charge in [-0.3, -0.25) is 9.59 Å². The van der Waals surface area contributed by atoms with E-state index in [2.05, 4.69) is 0 Å². The van der Waals surface area contributed by atoms with Crippen molar-refractivity contribution >= 4 is 41.5 Å². The molecule has 0 bridgehead atoms. The maximum absolute atomic E-state index is 12.7. The summed E-state index contributed by atoms with van der Waals surface area (Å²) in [6.07, 6.45) is 0. The molecule has 24 heavy (non-hydrogen) atoms. The number of hydrogen-bond acceptors (Lipinski definition) is 5. The zero-order valence-corrected chi connectivity index (χ0v) is 15.2. The number of rotatable bonds is 4. The van der Waals surface area contributed by atoms with Crippen LogP contribution in [-0.2, 0) is 9.53 Å². The van der Waals surface area contributed by atoms with Gasteiger partial charge in [0.2, 0.25) is 5.91 Å². The normalized spacial score (nSPS) is 14.1. The fourth-order valence-electron chi connectivity index (χ4n) is 2.45. The Balaban J connectivity index is 0.00000288. The van der Waals surface area contributed by atoms with Crippen molar-refractivity contribution < 1.29 is 19.1 Å². The number of anilines is 1. The van der Waals surface area contributed by atoms with Gasteiger partial charge >= 0.3 is 0 Å². The molecule has 1 aromatic carbocycles. The van der Waals surface area contributed by atoms with E-state index in [4.69, 9.17) is 26.8 Å². The molecule has 1 heterocycles. The first-order chi connectivity index (χ1) is 11.0. The number of hydrogen-bond donors (Lipinski definition) is 1. The molecule has 2 N–H and O–H groups in total. The lowest BCUT2D eigenvalue weighted by atomic mass is 10.1. The number of piperazine rings is 1. The van der Waals surface area contributed by atoms with Crippen LogP contribution in [-0.4, -0.2) is 68.6 Å². The molecule has 134 valence electrons. The van der Waals surface area contributed by atoms with Crippen molar-refractivity contribution in [1.82, 2.24) is 9.80 Å². The lowest BCUT2D eigenvalue weighted by Gasteiger charge is -2.35. The highest BCUT2D eigenvalue weighted by atomic mass is 35.5. The maximum atomic E-state index is 12.7. The zero-order valence-electron chi connectivity index (χ0n) is 13.6. The molecule has 1 fully saturated rings. The van der Waals surface area contributed by atoms with E-state index in [1.165, 1.54) is 26.4 Å². The largest absolute Gasteiger partial charge is 0.496 e. The summed E-state index contributed by atoms with van der Waals surface area (Å²) in [6, 6.07) is 3.05. The number of benzene rings is 1. The highest BCUT2D eigenvalue weighted by Crippen LogP contribution is 2.30. The molecule has 1 saturated heterocycles. The minimum Gasteiger partial charge on any atom is -0.496 e. The summed E-state index contributed by atoms with van der Waals surface area (Å²) in [5.41, 5.74) is 6.45. The molecule has 0 aromatic heterocycles. The topological polar surface area (TPSA) is 85.1 Å². The second-order valence-corrected chi connectivity index (χ2v) is 5.59. The molecule has 9 heteroatoms. The van der Waals surface area contributed by atoms with E-state index in [1.807, 2.05) is 0 Å². The van der Waals surface area contributed by atoms with Crippen LogP contribution in [0, 0.1) is 0 Å². The SMILES string of the molecule is COCC(=O)N1CCN(C(=O)c2cc(Cl)c(N)cc2OC)CC1.Cl. The lowest BCUT2D eigenvalue weighted by Crippen LogP contribution is -2.51. The first kappa shape index (κ1) is 20.3. The Morgan fingerprint density at radius 2 is 1.75 bits per heavy atom. The van der Waals surface area contributed by atoms with Gasteiger partial charge < -0.3 is 25.0 Å². The molecule has 1 aliphatic rings. The number of methoxy groups -OCH3 is 2. The molecular formula is C15H21Cl2N3O4. The highest BCUT2D eigenvalue weighted by molar-refractivity contribution is 6.33. The number of ether oxygens (including phenoxy) is 2. The first-order valence-electron chi connectivity index (χ1n) is 7.17. The van der Waals surface area contributed by atoms with Gasteiger partial charge in [-0.05, 0) is 6.07 Å². The number of carbonyl (C=O) groups is 2. The van der Waals surface area contributed by atoms with Crippen molar-refractivity contribution in [3.63, 3.8) is 0 Å². The molecule has 1 aliphatic heterocycles. The fourth-order valence-corrected chi connectivity index (χ4v) is 2.61. The van der Waals surface area contributed by atoms with Gasteiger partial charge in [0.05, 0.1) is 23.4 Å². The van der Waals surface area contributed by atoms with E-state index in [9.17, 15) is 9.59 Å². The predicted octanol–water partition coefficient (Wildman–Crippen LogP) is 1.28. The molecule has 2 rings (SSSR count).